The van der Waals surface area contributed by atoms with E-state index in [2.05, 4.69) is 10.6 Å². The highest BCUT2D eigenvalue weighted by molar-refractivity contribution is 6.01. The molecule has 202 valence electrons. The summed E-state index contributed by atoms with van der Waals surface area (Å²) in [6.45, 7) is 4.17. The summed E-state index contributed by atoms with van der Waals surface area (Å²) in [4.78, 5) is 28.7. The minimum Gasteiger partial charge on any atom is -0.497 e. The van der Waals surface area contributed by atoms with Crippen LogP contribution in [-0.4, -0.2) is 25.3 Å². The number of allylic oxidation sites excluding steroid dienone is 1. The lowest BCUT2D eigenvalue weighted by Gasteiger charge is -2.38. The number of amides is 1. The molecule has 1 heterocycles. The van der Waals surface area contributed by atoms with E-state index in [1.807, 2.05) is 62.4 Å². The van der Waals surface area contributed by atoms with Gasteiger partial charge < -0.3 is 20.3 Å². The smallest absolute Gasteiger partial charge is 0.239 e. The van der Waals surface area contributed by atoms with E-state index in [1.54, 1.807) is 12.0 Å². The topological polar surface area (TPSA) is 70.7 Å². The number of benzene rings is 3. The van der Waals surface area contributed by atoms with Crippen LogP contribution in [0.4, 0.5) is 20.2 Å². The lowest BCUT2D eigenvalue weighted by Crippen LogP contribution is -2.42. The Bertz CT molecular complexity index is 1450. The first kappa shape index (κ1) is 26.4. The molecule has 2 aliphatic rings. The normalized spacial score (nSPS) is 18.0. The fraction of sp³-hybridized carbons (Fsp3) is 0.290. The van der Waals surface area contributed by atoms with Crippen molar-refractivity contribution in [3.63, 3.8) is 0 Å². The van der Waals surface area contributed by atoms with Crippen LogP contribution in [0.15, 0.2) is 78.0 Å². The van der Waals surface area contributed by atoms with Gasteiger partial charge >= 0.3 is 0 Å². The van der Waals surface area contributed by atoms with E-state index in [0.29, 0.717) is 34.8 Å². The molecule has 0 saturated heterocycles. The number of halogens is 2. The number of para-hydroxylation sites is 2. The second-order valence-electron chi connectivity index (χ2n) is 10.8. The number of nitrogens with one attached hydrogen (secondary N) is 2. The Kier molecular flexibility index (Phi) is 7.12. The molecule has 0 bridgehead atoms. The molecule has 1 aliphatic carbocycles. The van der Waals surface area contributed by atoms with Gasteiger partial charge in [-0.1, -0.05) is 44.2 Å². The van der Waals surface area contributed by atoms with E-state index in [4.69, 9.17) is 4.74 Å². The number of nitrogens with zero attached hydrogens (tertiary/aromatic N) is 1. The van der Waals surface area contributed by atoms with Gasteiger partial charge in [0.2, 0.25) is 5.91 Å². The molecule has 0 spiro atoms. The number of fused-ring (bicyclic) bond motifs is 1. The molecule has 1 atom stereocenters. The van der Waals surface area contributed by atoms with E-state index in [0.717, 1.165) is 11.6 Å². The van der Waals surface area contributed by atoms with E-state index in [1.165, 1.54) is 12.1 Å². The molecule has 2 N–H and O–H groups in total. The molecule has 1 unspecified atom stereocenters. The zero-order valence-corrected chi connectivity index (χ0v) is 22.2. The molecule has 1 aliphatic heterocycles. The van der Waals surface area contributed by atoms with Crippen molar-refractivity contribution in [2.24, 2.45) is 5.41 Å². The molecule has 0 radical (unpaired) electrons. The van der Waals surface area contributed by atoms with Gasteiger partial charge in [-0.05, 0) is 47.7 Å². The Labute approximate surface area is 226 Å². The minimum atomic E-state index is -0.924. The minimum absolute atomic E-state index is 0.126. The maximum atomic E-state index is 15.4. The van der Waals surface area contributed by atoms with Crippen LogP contribution in [0, 0.1) is 17.0 Å². The summed E-state index contributed by atoms with van der Waals surface area (Å²) in [5.41, 5.74) is 3.18. The van der Waals surface area contributed by atoms with Crippen molar-refractivity contribution in [2.45, 2.75) is 39.3 Å². The van der Waals surface area contributed by atoms with Crippen molar-refractivity contribution < 1.29 is 23.1 Å². The number of methoxy groups -OCH3 is 1. The second kappa shape index (κ2) is 10.5. The monoisotopic (exact) mass is 531 g/mol. The summed E-state index contributed by atoms with van der Waals surface area (Å²) in [6.07, 6.45) is 0.847. The average Bonchev–Trinajstić information content (AvgIpc) is 3.01. The summed E-state index contributed by atoms with van der Waals surface area (Å²) in [5, 5.41) is 6.36. The molecular weight excluding hydrogens is 500 g/mol. The number of rotatable bonds is 6. The first-order chi connectivity index (χ1) is 18.6. The summed E-state index contributed by atoms with van der Waals surface area (Å²) in [7, 11) is 1.59. The predicted octanol–water partition coefficient (Wildman–Crippen LogP) is 5.91. The molecule has 3 aromatic rings. The zero-order valence-electron chi connectivity index (χ0n) is 22.2. The summed E-state index contributed by atoms with van der Waals surface area (Å²) >= 11 is 0. The van der Waals surface area contributed by atoms with Gasteiger partial charge in [0.25, 0.3) is 0 Å². The molecule has 0 saturated carbocycles. The third-order valence-electron chi connectivity index (χ3n) is 7.22. The number of carbonyl (C=O) groups is 2. The lowest BCUT2D eigenvalue weighted by molar-refractivity contribution is -0.121. The molecule has 8 heteroatoms. The highest BCUT2D eigenvalue weighted by Gasteiger charge is 2.42. The SMILES string of the molecule is COc1ccc(CNC(=O)CN2c3ccccc3NC3=C(C(=O)CC(C)(C)C3)C2c2ccc(F)cc2F)cc1. The number of ketones is 1. The maximum Gasteiger partial charge on any atom is 0.239 e. The number of anilines is 2. The molecule has 1 amide bonds. The highest BCUT2D eigenvalue weighted by Crippen LogP contribution is 2.48. The van der Waals surface area contributed by atoms with Crippen LogP contribution in [0.1, 0.15) is 43.9 Å². The standard InChI is InChI=1S/C31H31F2N3O3/c1-31(2)15-25-29(27(37)16-31)30(22-13-10-20(32)14-23(22)33)36(26-7-5-4-6-24(26)35-25)18-28(38)34-17-19-8-11-21(39-3)12-9-19/h4-14,30,35H,15-18H2,1-3H3,(H,34,38). The Morgan fingerprint density at radius 1 is 1.08 bits per heavy atom. The first-order valence-corrected chi connectivity index (χ1v) is 12.9. The van der Waals surface area contributed by atoms with Crippen LogP contribution in [0.2, 0.25) is 0 Å². The van der Waals surface area contributed by atoms with Crippen molar-refractivity contribution >= 4 is 23.1 Å². The average molecular weight is 532 g/mol. The van der Waals surface area contributed by atoms with Crippen molar-refractivity contribution in [2.75, 3.05) is 23.9 Å². The number of hydrogen-bond donors (Lipinski definition) is 2. The van der Waals surface area contributed by atoms with Crippen LogP contribution in [0.5, 0.6) is 5.75 Å². The Balaban J connectivity index is 1.56. The van der Waals surface area contributed by atoms with Gasteiger partial charge in [-0.2, -0.15) is 0 Å². The molecule has 0 aromatic heterocycles. The summed E-state index contributed by atoms with van der Waals surface area (Å²) in [5.74, 6) is -1.20. The highest BCUT2D eigenvalue weighted by atomic mass is 19.1. The van der Waals surface area contributed by atoms with Crippen LogP contribution in [-0.2, 0) is 16.1 Å². The third-order valence-corrected chi connectivity index (χ3v) is 7.22. The maximum absolute atomic E-state index is 15.4. The van der Waals surface area contributed by atoms with Gasteiger partial charge in [-0.25, -0.2) is 8.78 Å². The summed E-state index contributed by atoms with van der Waals surface area (Å²) in [6, 6.07) is 17.2. The fourth-order valence-corrected chi connectivity index (χ4v) is 5.43. The van der Waals surface area contributed by atoms with Gasteiger partial charge in [0.1, 0.15) is 17.4 Å². The second-order valence-corrected chi connectivity index (χ2v) is 10.8. The van der Waals surface area contributed by atoms with Crippen LogP contribution >= 0.6 is 0 Å². The molecule has 6 nitrogen and oxygen atoms in total. The third kappa shape index (κ3) is 5.50. The van der Waals surface area contributed by atoms with Gasteiger partial charge in [0.05, 0.1) is 31.1 Å². The molecule has 3 aromatic carbocycles. The number of carbonyl (C=O) groups excluding carboxylic acids is 2. The molecule has 0 fully saturated rings. The largest absolute Gasteiger partial charge is 0.497 e. The quantitative estimate of drug-likeness (QED) is 0.414. The summed E-state index contributed by atoms with van der Waals surface area (Å²) < 4.78 is 34.5. The predicted molar refractivity (Wildman–Crippen MR) is 146 cm³/mol. The van der Waals surface area contributed by atoms with Gasteiger partial charge in [-0.15, -0.1) is 0 Å². The first-order valence-electron chi connectivity index (χ1n) is 12.9. The zero-order chi connectivity index (χ0) is 27.7. The van der Waals surface area contributed by atoms with Crippen LogP contribution < -0.4 is 20.3 Å². The molecule has 39 heavy (non-hydrogen) atoms. The lowest BCUT2D eigenvalue weighted by atomic mass is 9.73. The number of Topliss-reactive ketones (excluding diaryl/α,β-unsaturated/α-hetero) is 1. The van der Waals surface area contributed by atoms with E-state index >= 15 is 4.39 Å². The Morgan fingerprint density at radius 2 is 1.82 bits per heavy atom. The molecule has 5 rings (SSSR count). The van der Waals surface area contributed by atoms with Crippen molar-refractivity contribution in [3.8, 4) is 5.75 Å². The van der Waals surface area contributed by atoms with Crippen LogP contribution in [0.3, 0.4) is 0 Å². The van der Waals surface area contributed by atoms with Crippen molar-refractivity contribution in [3.05, 3.63) is 101 Å². The number of hydrogen-bond acceptors (Lipinski definition) is 5. The Morgan fingerprint density at radius 3 is 2.54 bits per heavy atom. The van der Waals surface area contributed by atoms with Gasteiger partial charge in [0, 0.05) is 35.9 Å². The van der Waals surface area contributed by atoms with E-state index in [-0.39, 0.29) is 42.2 Å². The van der Waals surface area contributed by atoms with Gasteiger partial charge in [0.15, 0.2) is 5.78 Å². The van der Waals surface area contributed by atoms with E-state index in [9.17, 15) is 14.0 Å². The van der Waals surface area contributed by atoms with Crippen LogP contribution in [0.25, 0.3) is 0 Å². The van der Waals surface area contributed by atoms with Crippen molar-refractivity contribution in [1.82, 2.24) is 5.32 Å². The van der Waals surface area contributed by atoms with E-state index < -0.39 is 17.7 Å². The van der Waals surface area contributed by atoms with Gasteiger partial charge in [-0.3, -0.25) is 9.59 Å². The van der Waals surface area contributed by atoms with Crippen molar-refractivity contribution in [1.29, 1.82) is 0 Å². The number of ether oxygens (including phenoxy) is 1. The molecular formula is C31H31F2N3O3. The Hall–Kier alpha value is -4.20. The fourth-order valence-electron chi connectivity index (χ4n) is 5.43.